The monoisotopic (exact) mass is 308 g/mol. The SMILES string of the molecule is O=C(NCC(F)(F)F)c1ccn(-c2ccc3ccccn23)n1. The molecule has 3 aromatic heterocycles. The van der Waals surface area contributed by atoms with Crippen LogP contribution in [0.15, 0.2) is 48.8 Å². The average molecular weight is 308 g/mol. The minimum atomic E-state index is -4.45. The topological polar surface area (TPSA) is 51.3 Å². The largest absolute Gasteiger partial charge is 0.405 e. The Morgan fingerprint density at radius 3 is 2.73 bits per heavy atom. The number of hydrogen-bond donors (Lipinski definition) is 1. The standard InChI is InChI=1S/C14H11F3N4O/c15-14(16,17)9-18-13(22)11-6-8-21(19-11)12-5-4-10-3-1-2-7-20(10)12/h1-8H,9H2,(H,18,22). The number of nitrogens with one attached hydrogen (secondary N) is 1. The van der Waals surface area contributed by atoms with Crippen LogP contribution in [0.3, 0.4) is 0 Å². The normalized spacial score (nSPS) is 11.8. The molecular formula is C14H11F3N4O. The lowest BCUT2D eigenvalue weighted by Crippen LogP contribution is -2.34. The van der Waals surface area contributed by atoms with Crippen LogP contribution in [0.1, 0.15) is 10.5 Å². The summed E-state index contributed by atoms with van der Waals surface area (Å²) in [6.45, 7) is -1.38. The molecule has 1 amide bonds. The Kier molecular flexibility index (Phi) is 3.36. The number of carbonyl (C=O) groups excluding carboxylic acids is 1. The zero-order valence-electron chi connectivity index (χ0n) is 11.2. The summed E-state index contributed by atoms with van der Waals surface area (Å²) in [7, 11) is 0. The van der Waals surface area contributed by atoms with Gasteiger partial charge in [-0.3, -0.25) is 4.79 Å². The van der Waals surface area contributed by atoms with Gasteiger partial charge in [-0.05, 0) is 30.3 Å². The van der Waals surface area contributed by atoms with Crippen molar-refractivity contribution in [2.45, 2.75) is 6.18 Å². The number of fused-ring (bicyclic) bond motifs is 1. The van der Waals surface area contributed by atoms with Crippen LogP contribution in [-0.2, 0) is 0 Å². The van der Waals surface area contributed by atoms with E-state index in [1.54, 1.807) is 11.4 Å². The van der Waals surface area contributed by atoms with Crippen molar-refractivity contribution in [3.63, 3.8) is 0 Å². The number of carbonyl (C=O) groups is 1. The summed E-state index contributed by atoms with van der Waals surface area (Å²) in [4.78, 5) is 11.6. The highest BCUT2D eigenvalue weighted by Crippen LogP contribution is 2.15. The Morgan fingerprint density at radius 2 is 1.95 bits per heavy atom. The van der Waals surface area contributed by atoms with Gasteiger partial charge in [0, 0.05) is 17.9 Å². The lowest BCUT2D eigenvalue weighted by atomic mass is 10.4. The van der Waals surface area contributed by atoms with Gasteiger partial charge < -0.3 is 9.72 Å². The van der Waals surface area contributed by atoms with Gasteiger partial charge in [-0.15, -0.1) is 0 Å². The summed E-state index contributed by atoms with van der Waals surface area (Å²) in [5.41, 5.74) is 0.867. The Bertz CT molecular complexity index is 819. The van der Waals surface area contributed by atoms with Crippen molar-refractivity contribution in [3.05, 3.63) is 54.5 Å². The van der Waals surface area contributed by atoms with Crippen LogP contribution in [-0.4, -0.2) is 32.8 Å². The van der Waals surface area contributed by atoms with Crippen LogP contribution in [0.2, 0.25) is 0 Å². The predicted molar refractivity (Wildman–Crippen MR) is 72.9 cm³/mol. The zero-order valence-corrected chi connectivity index (χ0v) is 11.2. The number of aromatic nitrogens is 3. The minimum Gasteiger partial charge on any atom is -0.342 e. The van der Waals surface area contributed by atoms with Gasteiger partial charge in [0.15, 0.2) is 5.69 Å². The third-order valence-electron chi connectivity index (χ3n) is 3.05. The van der Waals surface area contributed by atoms with Crippen molar-refractivity contribution in [2.24, 2.45) is 0 Å². The number of alkyl halides is 3. The van der Waals surface area contributed by atoms with Crippen LogP contribution in [0, 0.1) is 0 Å². The first-order valence-electron chi connectivity index (χ1n) is 6.41. The van der Waals surface area contributed by atoms with E-state index in [9.17, 15) is 18.0 Å². The van der Waals surface area contributed by atoms with E-state index in [1.165, 1.54) is 16.9 Å². The van der Waals surface area contributed by atoms with Crippen molar-refractivity contribution < 1.29 is 18.0 Å². The van der Waals surface area contributed by atoms with E-state index >= 15 is 0 Å². The smallest absolute Gasteiger partial charge is 0.342 e. The molecule has 3 rings (SSSR count). The Labute approximate surface area is 123 Å². The van der Waals surface area contributed by atoms with Crippen molar-refractivity contribution >= 4 is 11.4 Å². The van der Waals surface area contributed by atoms with E-state index in [0.717, 1.165) is 5.52 Å². The molecule has 0 bridgehead atoms. The first-order valence-corrected chi connectivity index (χ1v) is 6.41. The average Bonchev–Trinajstić information content (AvgIpc) is 3.10. The molecule has 8 heteroatoms. The molecule has 0 aliphatic rings. The van der Waals surface area contributed by atoms with Crippen LogP contribution < -0.4 is 5.32 Å². The van der Waals surface area contributed by atoms with Crippen molar-refractivity contribution in [3.8, 4) is 5.82 Å². The molecule has 0 radical (unpaired) electrons. The van der Waals surface area contributed by atoms with Crippen molar-refractivity contribution in [1.29, 1.82) is 0 Å². The fraction of sp³-hybridized carbons (Fsp3) is 0.143. The van der Waals surface area contributed by atoms with Gasteiger partial charge >= 0.3 is 6.18 Å². The molecule has 0 spiro atoms. The molecule has 0 aromatic carbocycles. The maximum atomic E-state index is 12.1. The summed E-state index contributed by atoms with van der Waals surface area (Å²) in [6, 6.07) is 10.7. The highest BCUT2D eigenvalue weighted by molar-refractivity contribution is 5.92. The second-order valence-electron chi connectivity index (χ2n) is 4.63. The lowest BCUT2D eigenvalue weighted by Gasteiger charge is -2.06. The van der Waals surface area contributed by atoms with Crippen LogP contribution in [0.25, 0.3) is 11.3 Å². The first-order chi connectivity index (χ1) is 10.4. The fourth-order valence-electron chi connectivity index (χ4n) is 2.07. The van der Waals surface area contributed by atoms with E-state index in [0.29, 0.717) is 5.82 Å². The van der Waals surface area contributed by atoms with E-state index in [2.05, 4.69) is 5.10 Å². The molecule has 0 aliphatic carbocycles. The highest BCUT2D eigenvalue weighted by atomic mass is 19.4. The minimum absolute atomic E-state index is 0.0740. The summed E-state index contributed by atoms with van der Waals surface area (Å²) < 4.78 is 39.6. The Balaban J connectivity index is 1.83. The molecule has 0 atom stereocenters. The molecule has 0 saturated carbocycles. The molecule has 0 unspecified atom stereocenters. The maximum Gasteiger partial charge on any atom is 0.405 e. The molecule has 0 aliphatic heterocycles. The Morgan fingerprint density at radius 1 is 1.14 bits per heavy atom. The molecule has 0 saturated heterocycles. The van der Waals surface area contributed by atoms with Gasteiger partial charge in [0.05, 0.1) is 0 Å². The molecule has 22 heavy (non-hydrogen) atoms. The number of halogens is 3. The summed E-state index contributed by atoms with van der Waals surface area (Å²) in [5, 5.41) is 5.81. The van der Waals surface area contributed by atoms with Gasteiger partial charge in [0.1, 0.15) is 12.4 Å². The fourth-order valence-corrected chi connectivity index (χ4v) is 2.07. The maximum absolute atomic E-state index is 12.1. The molecular weight excluding hydrogens is 297 g/mol. The van der Waals surface area contributed by atoms with E-state index in [1.807, 2.05) is 34.9 Å². The number of hydrogen-bond acceptors (Lipinski definition) is 2. The Hall–Kier alpha value is -2.77. The molecule has 3 heterocycles. The predicted octanol–water partition coefficient (Wildman–Crippen LogP) is 2.42. The third-order valence-corrected chi connectivity index (χ3v) is 3.05. The summed E-state index contributed by atoms with van der Waals surface area (Å²) >= 11 is 0. The van der Waals surface area contributed by atoms with E-state index in [-0.39, 0.29) is 5.69 Å². The number of pyridine rings is 1. The molecule has 5 nitrogen and oxygen atoms in total. The number of nitrogens with zero attached hydrogens (tertiary/aromatic N) is 3. The number of rotatable bonds is 3. The number of amides is 1. The molecule has 3 aromatic rings. The second-order valence-corrected chi connectivity index (χ2v) is 4.63. The van der Waals surface area contributed by atoms with Gasteiger partial charge in [0.2, 0.25) is 0 Å². The van der Waals surface area contributed by atoms with Gasteiger partial charge in [0.25, 0.3) is 5.91 Å². The van der Waals surface area contributed by atoms with Crippen molar-refractivity contribution in [2.75, 3.05) is 6.54 Å². The van der Waals surface area contributed by atoms with Crippen LogP contribution in [0.4, 0.5) is 13.2 Å². The third kappa shape index (κ3) is 2.80. The summed E-state index contributed by atoms with van der Waals surface area (Å²) in [5.74, 6) is -0.178. The lowest BCUT2D eigenvalue weighted by molar-refractivity contribution is -0.123. The first kappa shape index (κ1) is 14.2. The van der Waals surface area contributed by atoms with Crippen LogP contribution in [0.5, 0.6) is 0 Å². The molecule has 114 valence electrons. The second kappa shape index (κ2) is 5.21. The van der Waals surface area contributed by atoms with Gasteiger partial charge in [-0.25, -0.2) is 4.68 Å². The van der Waals surface area contributed by atoms with Crippen molar-refractivity contribution in [1.82, 2.24) is 19.5 Å². The quantitative estimate of drug-likeness (QED) is 0.808. The van der Waals surface area contributed by atoms with Gasteiger partial charge in [-0.1, -0.05) is 6.07 Å². The van der Waals surface area contributed by atoms with Crippen LogP contribution >= 0.6 is 0 Å². The van der Waals surface area contributed by atoms with E-state index < -0.39 is 18.6 Å². The molecule has 0 fully saturated rings. The van der Waals surface area contributed by atoms with Gasteiger partial charge in [-0.2, -0.15) is 18.3 Å². The van der Waals surface area contributed by atoms with E-state index in [4.69, 9.17) is 0 Å². The summed E-state index contributed by atoms with van der Waals surface area (Å²) in [6.07, 6.45) is -1.09. The zero-order chi connectivity index (χ0) is 15.7. The highest BCUT2D eigenvalue weighted by Gasteiger charge is 2.28. The molecule has 1 N–H and O–H groups in total.